The van der Waals surface area contributed by atoms with Crippen LogP contribution in [0.25, 0.3) is 0 Å². The molecule has 0 aromatic heterocycles. The fraction of sp³-hybridized carbons (Fsp3) is 0.417. The Balaban J connectivity index is 3.02. The highest BCUT2D eigenvalue weighted by Crippen LogP contribution is 2.37. The molecule has 2 N–H and O–H groups in total. The average molecular weight is 373 g/mol. The molecule has 0 saturated heterocycles. The summed E-state index contributed by atoms with van der Waals surface area (Å²) in [7, 11) is 0. The van der Waals surface area contributed by atoms with E-state index in [0.717, 1.165) is 6.07 Å². The van der Waals surface area contributed by atoms with Gasteiger partial charge in [0.25, 0.3) is 0 Å². The third-order valence-electron chi connectivity index (χ3n) is 2.32. The van der Waals surface area contributed by atoms with Gasteiger partial charge in [-0.2, -0.15) is 13.2 Å². The smallest absolute Gasteiger partial charge is 0.417 e. The van der Waals surface area contributed by atoms with E-state index in [9.17, 15) is 18.0 Å². The molecule has 9 heteroatoms. The maximum atomic E-state index is 12.2. The summed E-state index contributed by atoms with van der Waals surface area (Å²) in [6.45, 7) is 0.748. The molecule has 0 heterocycles. The Bertz CT molecular complexity index is 518. The summed E-state index contributed by atoms with van der Waals surface area (Å²) >= 11 is 3.01. The van der Waals surface area contributed by atoms with Crippen LogP contribution in [0.4, 0.5) is 13.2 Å². The zero-order valence-corrected chi connectivity index (χ0v) is 12.4. The molecule has 0 amide bonds. The van der Waals surface area contributed by atoms with Crippen LogP contribution in [0.3, 0.4) is 0 Å². The lowest BCUT2D eigenvalue weighted by Gasteiger charge is -2.18. The Morgan fingerprint density at radius 3 is 2.48 bits per heavy atom. The number of hydrogen-bond acceptors (Lipinski definition) is 4. The Morgan fingerprint density at radius 1 is 1.38 bits per heavy atom. The van der Waals surface area contributed by atoms with Crippen LogP contribution < -0.4 is 9.47 Å². The lowest BCUT2D eigenvalue weighted by molar-refractivity contribution is -0.210. The third kappa shape index (κ3) is 4.78. The van der Waals surface area contributed by atoms with E-state index in [4.69, 9.17) is 19.7 Å². The minimum atomic E-state index is -4.81. The number of aromatic carboxylic acids is 1. The Kier molecular flexibility index (Phi) is 5.85. The van der Waals surface area contributed by atoms with Crippen LogP contribution in [0.2, 0.25) is 0 Å². The zero-order chi connectivity index (χ0) is 16.2. The van der Waals surface area contributed by atoms with Crippen molar-refractivity contribution >= 4 is 21.9 Å². The first-order valence-electron chi connectivity index (χ1n) is 5.74. The molecular formula is C12H12BrF3O5. The summed E-state index contributed by atoms with van der Waals surface area (Å²) in [5.74, 6) is -1.36. The third-order valence-corrected chi connectivity index (χ3v) is 2.91. The molecule has 5 nitrogen and oxygen atoms in total. The summed E-state index contributed by atoms with van der Waals surface area (Å²) < 4.78 is 46.8. The number of rotatable bonds is 6. The number of carboxylic acids is 1. The fourth-order valence-electron chi connectivity index (χ4n) is 1.35. The van der Waals surface area contributed by atoms with E-state index >= 15 is 0 Å². The molecule has 118 valence electrons. The number of carboxylic acid groups (broad SMARTS) is 1. The van der Waals surface area contributed by atoms with Crippen molar-refractivity contribution < 1.29 is 37.7 Å². The second-order valence-electron chi connectivity index (χ2n) is 3.89. The summed E-state index contributed by atoms with van der Waals surface area (Å²) in [5.41, 5.74) is -0.117. The van der Waals surface area contributed by atoms with E-state index in [1.54, 1.807) is 6.92 Å². The normalized spacial score (nSPS) is 12.9. The molecule has 1 aromatic carbocycles. The van der Waals surface area contributed by atoms with Gasteiger partial charge in [-0.25, -0.2) is 4.79 Å². The maximum Gasteiger partial charge on any atom is 0.417 e. The number of benzene rings is 1. The number of alkyl halides is 3. The maximum absolute atomic E-state index is 12.2. The second-order valence-corrected chi connectivity index (χ2v) is 4.75. The molecule has 0 aliphatic heterocycles. The van der Waals surface area contributed by atoms with Crippen molar-refractivity contribution in [1.29, 1.82) is 0 Å². The molecule has 1 aromatic rings. The van der Waals surface area contributed by atoms with Crippen LogP contribution in [0.1, 0.15) is 17.3 Å². The highest BCUT2D eigenvalue weighted by Gasteiger charge is 2.39. The van der Waals surface area contributed by atoms with Crippen LogP contribution in [0.15, 0.2) is 16.6 Å². The standard InChI is InChI=1S/C12H12BrF3O5/c1-2-20-8-4-6(11(18)19)3-7(13)10(8)21-5-9(17)12(14,15)16/h3-4,9,17H,2,5H2,1H3,(H,18,19). The van der Waals surface area contributed by atoms with Gasteiger partial charge >= 0.3 is 12.1 Å². The van der Waals surface area contributed by atoms with Gasteiger partial charge in [-0.1, -0.05) is 0 Å². The summed E-state index contributed by atoms with van der Waals surface area (Å²) in [6, 6.07) is 2.30. The van der Waals surface area contributed by atoms with Gasteiger partial charge in [0.05, 0.1) is 16.6 Å². The van der Waals surface area contributed by atoms with Crippen LogP contribution in [0.5, 0.6) is 11.5 Å². The van der Waals surface area contributed by atoms with Crippen molar-refractivity contribution in [1.82, 2.24) is 0 Å². The van der Waals surface area contributed by atoms with Gasteiger partial charge in [0.2, 0.25) is 0 Å². The lowest BCUT2D eigenvalue weighted by Crippen LogP contribution is -2.34. The van der Waals surface area contributed by atoms with E-state index in [1.807, 2.05) is 0 Å². The van der Waals surface area contributed by atoms with Crippen LogP contribution in [0, 0.1) is 0 Å². The van der Waals surface area contributed by atoms with Crippen molar-refractivity contribution in [3.8, 4) is 11.5 Å². The molecule has 0 aliphatic rings. The Labute approximate surface area is 126 Å². The molecule has 0 aliphatic carbocycles. The molecule has 21 heavy (non-hydrogen) atoms. The lowest BCUT2D eigenvalue weighted by atomic mass is 10.2. The van der Waals surface area contributed by atoms with Gasteiger partial charge in [-0.05, 0) is 35.0 Å². The van der Waals surface area contributed by atoms with Crippen molar-refractivity contribution in [2.75, 3.05) is 13.2 Å². The molecule has 0 fully saturated rings. The van der Waals surface area contributed by atoms with Crippen molar-refractivity contribution in [2.45, 2.75) is 19.2 Å². The predicted octanol–water partition coefficient (Wildman–Crippen LogP) is 2.85. The van der Waals surface area contributed by atoms with E-state index in [2.05, 4.69) is 15.9 Å². The van der Waals surface area contributed by atoms with Crippen molar-refractivity contribution in [3.05, 3.63) is 22.2 Å². The first-order valence-corrected chi connectivity index (χ1v) is 6.53. The van der Waals surface area contributed by atoms with Gasteiger partial charge in [-0.3, -0.25) is 0 Å². The number of halogens is 4. The monoisotopic (exact) mass is 372 g/mol. The number of aliphatic hydroxyl groups is 1. The molecule has 0 radical (unpaired) electrons. The van der Waals surface area contributed by atoms with Crippen molar-refractivity contribution in [2.24, 2.45) is 0 Å². The summed E-state index contributed by atoms with van der Waals surface area (Å²) in [5, 5.41) is 17.8. The average Bonchev–Trinajstić information content (AvgIpc) is 2.36. The van der Waals surface area contributed by atoms with Crippen LogP contribution in [-0.2, 0) is 0 Å². The number of carbonyl (C=O) groups is 1. The molecule has 1 atom stereocenters. The van der Waals surface area contributed by atoms with Crippen LogP contribution in [-0.4, -0.2) is 41.7 Å². The number of ether oxygens (including phenoxy) is 2. The zero-order valence-electron chi connectivity index (χ0n) is 10.8. The van der Waals surface area contributed by atoms with Gasteiger partial charge in [0.1, 0.15) is 6.61 Å². The largest absolute Gasteiger partial charge is 0.490 e. The highest BCUT2D eigenvalue weighted by atomic mass is 79.9. The highest BCUT2D eigenvalue weighted by molar-refractivity contribution is 9.10. The van der Waals surface area contributed by atoms with E-state index in [0.29, 0.717) is 0 Å². The van der Waals surface area contributed by atoms with Gasteiger partial charge in [0.15, 0.2) is 17.6 Å². The van der Waals surface area contributed by atoms with Gasteiger partial charge < -0.3 is 19.7 Å². The van der Waals surface area contributed by atoms with E-state index in [-0.39, 0.29) is 28.1 Å². The Morgan fingerprint density at radius 2 is 2.00 bits per heavy atom. The minimum absolute atomic E-state index is 0.0290. The number of hydrogen-bond donors (Lipinski definition) is 2. The van der Waals surface area contributed by atoms with E-state index in [1.165, 1.54) is 6.07 Å². The van der Waals surface area contributed by atoms with Gasteiger partial charge in [0, 0.05) is 0 Å². The SMILES string of the molecule is CCOc1cc(C(=O)O)cc(Br)c1OCC(O)C(F)(F)F. The predicted molar refractivity (Wildman–Crippen MR) is 69.8 cm³/mol. The quantitative estimate of drug-likeness (QED) is 0.802. The first kappa shape index (κ1) is 17.6. The molecule has 0 bridgehead atoms. The molecule has 1 unspecified atom stereocenters. The van der Waals surface area contributed by atoms with Gasteiger partial charge in [-0.15, -0.1) is 0 Å². The Hall–Kier alpha value is -1.48. The van der Waals surface area contributed by atoms with E-state index < -0.39 is 24.9 Å². The second kappa shape index (κ2) is 6.99. The summed E-state index contributed by atoms with van der Waals surface area (Å²) in [4.78, 5) is 10.9. The fourth-order valence-corrected chi connectivity index (χ4v) is 1.91. The molecule has 1 rings (SSSR count). The topological polar surface area (TPSA) is 76.0 Å². The first-order chi connectivity index (χ1) is 9.66. The van der Waals surface area contributed by atoms with Crippen molar-refractivity contribution in [3.63, 3.8) is 0 Å². The van der Waals surface area contributed by atoms with Crippen LogP contribution >= 0.6 is 15.9 Å². The summed E-state index contributed by atoms with van der Waals surface area (Å²) in [6.07, 6.45) is -7.46. The molecule has 0 spiro atoms. The minimum Gasteiger partial charge on any atom is -0.490 e. The molecular weight excluding hydrogens is 361 g/mol. The molecule has 0 saturated carbocycles. The number of aliphatic hydroxyl groups excluding tert-OH is 1.